The largest absolute Gasteiger partial charge is 0.416 e. The molecule has 3 N–H and O–H groups in total. The normalized spacial score (nSPS) is 12.8. The van der Waals surface area contributed by atoms with E-state index in [4.69, 9.17) is 5.73 Å². The van der Waals surface area contributed by atoms with E-state index >= 15 is 0 Å². The first kappa shape index (κ1) is 18.7. The summed E-state index contributed by atoms with van der Waals surface area (Å²) in [6.45, 7) is 3.36. The van der Waals surface area contributed by atoms with Crippen molar-refractivity contribution in [1.29, 1.82) is 0 Å². The summed E-state index contributed by atoms with van der Waals surface area (Å²) in [5, 5.41) is 2.43. The third kappa shape index (κ3) is 5.02. The van der Waals surface area contributed by atoms with Gasteiger partial charge >= 0.3 is 6.18 Å². The number of benzene rings is 1. The van der Waals surface area contributed by atoms with Crippen LogP contribution in [0.3, 0.4) is 0 Å². The zero-order valence-corrected chi connectivity index (χ0v) is 12.0. The third-order valence-electron chi connectivity index (χ3n) is 2.80. The first-order valence-electron chi connectivity index (χ1n) is 5.92. The first-order valence-corrected chi connectivity index (χ1v) is 5.92. The summed E-state index contributed by atoms with van der Waals surface area (Å²) in [4.78, 5) is 11.6. The summed E-state index contributed by atoms with van der Waals surface area (Å²) in [5.41, 5.74) is 4.90. The van der Waals surface area contributed by atoms with Crippen LogP contribution in [0.1, 0.15) is 25.0 Å². The summed E-state index contributed by atoms with van der Waals surface area (Å²) in [7, 11) is 0. The van der Waals surface area contributed by atoms with Crippen LogP contribution in [-0.2, 0) is 17.5 Å². The molecular weight excluding hydrogens is 293 g/mol. The second kappa shape index (κ2) is 7.50. The standard InChI is InChI=1S/C13H17F3N2O.ClH/c1-8(2)11(17)12(19)18-7-9-5-3-4-6-10(9)13(14,15)16;/h3-6,8,11H,7,17H2,1-2H3,(H,18,19);1H. The molecule has 1 unspecified atom stereocenters. The number of nitrogens with two attached hydrogens (primary N) is 1. The van der Waals surface area contributed by atoms with Gasteiger partial charge in [-0.15, -0.1) is 12.4 Å². The van der Waals surface area contributed by atoms with Crippen molar-refractivity contribution in [2.45, 2.75) is 32.6 Å². The summed E-state index contributed by atoms with van der Waals surface area (Å²) in [6, 6.07) is 4.42. The Kier molecular flexibility index (Phi) is 7.02. The van der Waals surface area contributed by atoms with E-state index in [0.29, 0.717) is 0 Å². The van der Waals surface area contributed by atoms with Crippen LogP contribution >= 0.6 is 12.4 Å². The Hall–Kier alpha value is -1.27. The van der Waals surface area contributed by atoms with Crippen molar-refractivity contribution in [3.8, 4) is 0 Å². The lowest BCUT2D eigenvalue weighted by molar-refractivity contribution is -0.138. The van der Waals surface area contributed by atoms with Crippen molar-refractivity contribution in [2.24, 2.45) is 11.7 Å². The van der Waals surface area contributed by atoms with E-state index in [1.165, 1.54) is 18.2 Å². The van der Waals surface area contributed by atoms with Crippen LogP contribution in [0.15, 0.2) is 24.3 Å². The Bertz CT molecular complexity index is 449. The van der Waals surface area contributed by atoms with Crippen LogP contribution in [0.2, 0.25) is 0 Å². The van der Waals surface area contributed by atoms with Crippen molar-refractivity contribution >= 4 is 18.3 Å². The molecule has 1 aromatic rings. The van der Waals surface area contributed by atoms with Crippen LogP contribution in [-0.4, -0.2) is 11.9 Å². The molecule has 0 saturated carbocycles. The molecule has 0 aliphatic rings. The first-order chi connectivity index (χ1) is 8.73. The number of halogens is 4. The average Bonchev–Trinajstić information content (AvgIpc) is 2.34. The minimum absolute atomic E-state index is 0. The second-order valence-corrected chi connectivity index (χ2v) is 4.64. The third-order valence-corrected chi connectivity index (χ3v) is 2.80. The molecule has 114 valence electrons. The molecule has 1 atom stereocenters. The zero-order valence-electron chi connectivity index (χ0n) is 11.2. The van der Waals surface area contributed by atoms with Crippen molar-refractivity contribution in [3.63, 3.8) is 0 Å². The smallest absolute Gasteiger partial charge is 0.351 e. The number of nitrogens with one attached hydrogen (secondary N) is 1. The maximum atomic E-state index is 12.7. The molecule has 0 fully saturated rings. The van der Waals surface area contributed by atoms with Gasteiger partial charge in [0, 0.05) is 6.54 Å². The van der Waals surface area contributed by atoms with Gasteiger partial charge in [0.05, 0.1) is 11.6 Å². The zero-order chi connectivity index (χ0) is 14.6. The molecular formula is C13H18ClF3N2O. The molecule has 0 saturated heterocycles. The highest BCUT2D eigenvalue weighted by Gasteiger charge is 2.32. The number of amides is 1. The maximum absolute atomic E-state index is 12.7. The highest BCUT2D eigenvalue weighted by Crippen LogP contribution is 2.31. The highest BCUT2D eigenvalue weighted by atomic mass is 35.5. The average molecular weight is 311 g/mol. The molecule has 3 nitrogen and oxygen atoms in total. The fraction of sp³-hybridized carbons (Fsp3) is 0.462. The molecule has 20 heavy (non-hydrogen) atoms. The molecule has 7 heteroatoms. The van der Waals surface area contributed by atoms with Crippen LogP contribution in [0, 0.1) is 5.92 Å². The quantitative estimate of drug-likeness (QED) is 0.898. The van der Waals surface area contributed by atoms with Gasteiger partial charge in [-0.2, -0.15) is 13.2 Å². The van der Waals surface area contributed by atoms with Gasteiger partial charge in [-0.3, -0.25) is 4.79 Å². The summed E-state index contributed by atoms with van der Waals surface area (Å²) in [6.07, 6.45) is -4.43. The SMILES string of the molecule is CC(C)C(N)C(=O)NCc1ccccc1C(F)(F)F.Cl. The van der Waals surface area contributed by atoms with Crippen LogP contribution in [0.25, 0.3) is 0 Å². The Morgan fingerprint density at radius 3 is 2.35 bits per heavy atom. The van der Waals surface area contributed by atoms with E-state index in [0.717, 1.165) is 6.07 Å². The molecule has 0 radical (unpaired) electrons. The van der Waals surface area contributed by atoms with Crippen LogP contribution in [0.4, 0.5) is 13.2 Å². The van der Waals surface area contributed by atoms with Crippen molar-refractivity contribution in [1.82, 2.24) is 5.32 Å². The van der Waals surface area contributed by atoms with E-state index in [-0.39, 0.29) is 30.4 Å². The monoisotopic (exact) mass is 310 g/mol. The second-order valence-electron chi connectivity index (χ2n) is 4.64. The minimum atomic E-state index is -4.43. The Labute approximate surface area is 122 Å². The van der Waals surface area contributed by atoms with E-state index in [9.17, 15) is 18.0 Å². The van der Waals surface area contributed by atoms with Gasteiger partial charge in [-0.25, -0.2) is 0 Å². The lowest BCUT2D eigenvalue weighted by Crippen LogP contribution is -2.43. The van der Waals surface area contributed by atoms with E-state index < -0.39 is 23.7 Å². The predicted molar refractivity (Wildman–Crippen MR) is 73.4 cm³/mol. The molecule has 0 heterocycles. The molecule has 1 aromatic carbocycles. The molecule has 1 rings (SSSR count). The molecule has 0 bridgehead atoms. The Morgan fingerprint density at radius 1 is 1.30 bits per heavy atom. The van der Waals surface area contributed by atoms with E-state index in [1.54, 1.807) is 13.8 Å². The number of hydrogen-bond donors (Lipinski definition) is 2. The fourth-order valence-corrected chi connectivity index (χ4v) is 1.55. The summed E-state index contributed by atoms with van der Waals surface area (Å²) < 4.78 is 38.2. The van der Waals surface area contributed by atoms with E-state index in [1.807, 2.05) is 0 Å². The van der Waals surface area contributed by atoms with Crippen LogP contribution in [0.5, 0.6) is 0 Å². The fourth-order valence-electron chi connectivity index (χ4n) is 1.55. The van der Waals surface area contributed by atoms with Gasteiger partial charge < -0.3 is 11.1 Å². The molecule has 1 amide bonds. The van der Waals surface area contributed by atoms with Gasteiger partial charge in [0.2, 0.25) is 5.91 Å². The molecule has 0 aromatic heterocycles. The molecule has 0 aliphatic heterocycles. The minimum Gasteiger partial charge on any atom is -0.351 e. The number of rotatable bonds is 4. The lowest BCUT2D eigenvalue weighted by Gasteiger charge is -2.17. The Balaban J connectivity index is 0.00000361. The van der Waals surface area contributed by atoms with Gasteiger partial charge in [0.15, 0.2) is 0 Å². The number of hydrogen-bond acceptors (Lipinski definition) is 2. The lowest BCUT2D eigenvalue weighted by atomic mass is 10.0. The van der Waals surface area contributed by atoms with Crippen LogP contribution < -0.4 is 11.1 Å². The highest BCUT2D eigenvalue weighted by molar-refractivity contribution is 5.85. The molecule has 0 spiro atoms. The van der Waals surface area contributed by atoms with E-state index in [2.05, 4.69) is 5.32 Å². The van der Waals surface area contributed by atoms with Gasteiger partial charge in [-0.1, -0.05) is 32.0 Å². The number of alkyl halides is 3. The van der Waals surface area contributed by atoms with Crippen molar-refractivity contribution in [2.75, 3.05) is 0 Å². The van der Waals surface area contributed by atoms with Crippen molar-refractivity contribution < 1.29 is 18.0 Å². The molecule has 0 aliphatic carbocycles. The number of carbonyl (C=O) groups excluding carboxylic acids is 1. The summed E-state index contributed by atoms with van der Waals surface area (Å²) >= 11 is 0. The van der Waals surface area contributed by atoms with Crippen molar-refractivity contribution in [3.05, 3.63) is 35.4 Å². The maximum Gasteiger partial charge on any atom is 0.416 e. The Morgan fingerprint density at radius 2 is 1.85 bits per heavy atom. The van der Waals surface area contributed by atoms with Gasteiger partial charge in [-0.05, 0) is 17.5 Å². The predicted octanol–water partition coefficient (Wildman–Crippen LogP) is 2.73. The van der Waals surface area contributed by atoms with Gasteiger partial charge in [0.25, 0.3) is 0 Å². The summed E-state index contributed by atoms with van der Waals surface area (Å²) in [5.74, 6) is -0.523. The topological polar surface area (TPSA) is 55.1 Å². The van der Waals surface area contributed by atoms with Gasteiger partial charge in [0.1, 0.15) is 0 Å². The number of carbonyl (C=O) groups is 1.